The number of amides is 1. The molecule has 5 nitrogen and oxygen atoms in total. The van der Waals surface area contributed by atoms with Crippen LogP contribution in [-0.2, 0) is 14.3 Å². The molecule has 1 amide bonds. The van der Waals surface area contributed by atoms with Gasteiger partial charge in [0.2, 0.25) is 5.91 Å². The van der Waals surface area contributed by atoms with Crippen LogP contribution in [0.25, 0.3) is 0 Å². The first-order chi connectivity index (χ1) is 8.26. The van der Waals surface area contributed by atoms with Crippen LogP contribution in [0.3, 0.4) is 0 Å². The van der Waals surface area contributed by atoms with Crippen molar-refractivity contribution < 1.29 is 19.0 Å². The molecule has 0 aliphatic carbocycles. The highest BCUT2D eigenvalue weighted by molar-refractivity contribution is 5.91. The number of anilines is 1. The Bertz CT molecular complexity index is 337. The van der Waals surface area contributed by atoms with Crippen molar-refractivity contribution in [3.8, 4) is 5.75 Å². The Hall–Kier alpha value is -1.59. The van der Waals surface area contributed by atoms with Crippen molar-refractivity contribution in [2.45, 2.75) is 0 Å². The van der Waals surface area contributed by atoms with E-state index in [2.05, 4.69) is 5.32 Å². The number of nitrogens with one attached hydrogen (secondary N) is 1. The lowest BCUT2D eigenvalue weighted by Gasteiger charge is -2.06. The van der Waals surface area contributed by atoms with E-state index in [9.17, 15) is 4.79 Å². The monoisotopic (exact) mass is 239 g/mol. The van der Waals surface area contributed by atoms with Gasteiger partial charge in [0.1, 0.15) is 12.4 Å². The van der Waals surface area contributed by atoms with E-state index in [1.165, 1.54) is 0 Å². The molecule has 1 rings (SSSR count). The van der Waals surface area contributed by atoms with Crippen molar-refractivity contribution in [1.29, 1.82) is 0 Å². The molecule has 94 valence electrons. The summed E-state index contributed by atoms with van der Waals surface area (Å²) < 4.78 is 14.9. The molecule has 0 fully saturated rings. The third-order valence-corrected chi connectivity index (χ3v) is 2.04. The Morgan fingerprint density at radius 2 is 1.88 bits per heavy atom. The SMILES string of the molecule is COCCOCC(=O)Nc1ccc(OC)cc1. The summed E-state index contributed by atoms with van der Waals surface area (Å²) in [5.74, 6) is 0.561. The first kappa shape index (κ1) is 13.5. The lowest BCUT2D eigenvalue weighted by Crippen LogP contribution is -2.19. The summed E-state index contributed by atoms with van der Waals surface area (Å²) >= 11 is 0. The predicted molar refractivity (Wildman–Crippen MR) is 64.3 cm³/mol. The van der Waals surface area contributed by atoms with E-state index in [1.807, 2.05) is 0 Å². The quantitative estimate of drug-likeness (QED) is 0.729. The summed E-state index contributed by atoms with van der Waals surface area (Å²) in [4.78, 5) is 11.4. The molecule has 1 aromatic carbocycles. The Morgan fingerprint density at radius 3 is 2.47 bits per heavy atom. The Balaban J connectivity index is 2.29. The first-order valence-electron chi connectivity index (χ1n) is 5.27. The average molecular weight is 239 g/mol. The Labute approximate surface area is 101 Å². The zero-order chi connectivity index (χ0) is 12.5. The zero-order valence-corrected chi connectivity index (χ0v) is 10.1. The first-order valence-corrected chi connectivity index (χ1v) is 5.27. The normalized spacial score (nSPS) is 10.0. The van der Waals surface area contributed by atoms with Crippen LogP contribution in [0.15, 0.2) is 24.3 Å². The van der Waals surface area contributed by atoms with Crippen molar-refractivity contribution >= 4 is 11.6 Å². The fraction of sp³-hybridized carbons (Fsp3) is 0.417. The average Bonchev–Trinajstić information content (AvgIpc) is 2.36. The van der Waals surface area contributed by atoms with E-state index < -0.39 is 0 Å². The van der Waals surface area contributed by atoms with Crippen molar-refractivity contribution in [2.24, 2.45) is 0 Å². The van der Waals surface area contributed by atoms with Crippen molar-refractivity contribution in [3.63, 3.8) is 0 Å². The molecule has 0 unspecified atom stereocenters. The van der Waals surface area contributed by atoms with Crippen LogP contribution in [0.1, 0.15) is 0 Å². The van der Waals surface area contributed by atoms with Gasteiger partial charge in [0, 0.05) is 12.8 Å². The zero-order valence-electron chi connectivity index (χ0n) is 10.1. The lowest BCUT2D eigenvalue weighted by molar-refractivity contribution is -0.121. The third kappa shape index (κ3) is 5.33. The second-order valence-corrected chi connectivity index (χ2v) is 3.32. The second-order valence-electron chi connectivity index (χ2n) is 3.32. The van der Waals surface area contributed by atoms with Gasteiger partial charge in [-0.05, 0) is 24.3 Å². The molecule has 0 aromatic heterocycles. The molecule has 0 spiro atoms. The van der Waals surface area contributed by atoms with Gasteiger partial charge in [-0.3, -0.25) is 4.79 Å². The highest BCUT2D eigenvalue weighted by Crippen LogP contribution is 2.14. The van der Waals surface area contributed by atoms with E-state index >= 15 is 0 Å². The number of ether oxygens (including phenoxy) is 3. The number of carbonyl (C=O) groups excluding carboxylic acids is 1. The van der Waals surface area contributed by atoms with Gasteiger partial charge in [0.15, 0.2) is 0 Å². The molecule has 0 heterocycles. The van der Waals surface area contributed by atoms with Gasteiger partial charge < -0.3 is 19.5 Å². The van der Waals surface area contributed by atoms with E-state index in [-0.39, 0.29) is 12.5 Å². The van der Waals surface area contributed by atoms with E-state index in [0.29, 0.717) is 18.9 Å². The van der Waals surface area contributed by atoms with Gasteiger partial charge in [-0.25, -0.2) is 0 Å². The molecule has 0 saturated carbocycles. The number of benzene rings is 1. The molecular weight excluding hydrogens is 222 g/mol. The molecule has 0 aliphatic heterocycles. The maximum Gasteiger partial charge on any atom is 0.250 e. The maximum atomic E-state index is 11.4. The van der Waals surface area contributed by atoms with Crippen LogP contribution in [0.4, 0.5) is 5.69 Å². The van der Waals surface area contributed by atoms with Crippen LogP contribution in [0.2, 0.25) is 0 Å². The molecule has 1 aromatic rings. The van der Waals surface area contributed by atoms with Gasteiger partial charge in [0.25, 0.3) is 0 Å². The van der Waals surface area contributed by atoms with Crippen LogP contribution in [0.5, 0.6) is 5.75 Å². The molecule has 5 heteroatoms. The van der Waals surface area contributed by atoms with E-state index in [0.717, 1.165) is 5.75 Å². The highest BCUT2D eigenvalue weighted by atomic mass is 16.5. The Morgan fingerprint density at radius 1 is 1.18 bits per heavy atom. The van der Waals surface area contributed by atoms with Crippen LogP contribution >= 0.6 is 0 Å². The van der Waals surface area contributed by atoms with Crippen molar-refractivity contribution in [3.05, 3.63) is 24.3 Å². The van der Waals surface area contributed by atoms with Gasteiger partial charge in [0.05, 0.1) is 20.3 Å². The standard InChI is InChI=1S/C12H17NO4/c1-15-7-8-17-9-12(14)13-10-3-5-11(16-2)6-4-10/h3-6H,7-9H2,1-2H3,(H,13,14). The maximum absolute atomic E-state index is 11.4. The molecule has 0 saturated heterocycles. The molecule has 0 bridgehead atoms. The van der Waals surface area contributed by atoms with Crippen LogP contribution in [-0.4, -0.2) is 39.9 Å². The van der Waals surface area contributed by atoms with Gasteiger partial charge in [-0.1, -0.05) is 0 Å². The number of carbonyl (C=O) groups is 1. The van der Waals surface area contributed by atoms with Crippen molar-refractivity contribution in [1.82, 2.24) is 0 Å². The number of hydrogen-bond donors (Lipinski definition) is 1. The fourth-order valence-electron chi connectivity index (χ4n) is 1.18. The Kier molecular flexibility index (Phi) is 6.06. The number of methoxy groups -OCH3 is 2. The molecule has 0 aliphatic rings. The van der Waals surface area contributed by atoms with Gasteiger partial charge in [-0.2, -0.15) is 0 Å². The van der Waals surface area contributed by atoms with E-state index in [1.54, 1.807) is 38.5 Å². The van der Waals surface area contributed by atoms with Gasteiger partial charge >= 0.3 is 0 Å². The minimum Gasteiger partial charge on any atom is -0.497 e. The summed E-state index contributed by atoms with van der Waals surface area (Å²) in [6.07, 6.45) is 0. The number of rotatable bonds is 7. The third-order valence-electron chi connectivity index (χ3n) is 2.04. The molecule has 17 heavy (non-hydrogen) atoms. The molecular formula is C12H17NO4. The van der Waals surface area contributed by atoms with E-state index in [4.69, 9.17) is 14.2 Å². The summed E-state index contributed by atoms with van der Waals surface area (Å²) in [6.45, 7) is 0.914. The summed E-state index contributed by atoms with van der Waals surface area (Å²) in [6, 6.07) is 7.10. The largest absolute Gasteiger partial charge is 0.497 e. The molecule has 0 atom stereocenters. The van der Waals surface area contributed by atoms with Crippen molar-refractivity contribution in [2.75, 3.05) is 39.4 Å². The highest BCUT2D eigenvalue weighted by Gasteiger charge is 2.02. The smallest absolute Gasteiger partial charge is 0.250 e. The molecule has 0 radical (unpaired) electrons. The second kappa shape index (κ2) is 7.65. The van der Waals surface area contributed by atoms with Crippen LogP contribution < -0.4 is 10.1 Å². The summed E-state index contributed by atoms with van der Waals surface area (Å²) in [7, 11) is 3.18. The lowest BCUT2D eigenvalue weighted by atomic mass is 10.3. The minimum atomic E-state index is -0.189. The molecule has 1 N–H and O–H groups in total. The number of hydrogen-bond acceptors (Lipinski definition) is 4. The van der Waals surface area contributed by atoms with Crippen LogP contribution in [0, 0.1) is 0 Å². The van der Waals surface area contributed by atoms with Gasteiger partial charge in [-0.15, -0.1) is 0 Å². The fourth-order valence-corrected chi connectivity index (χ4v) is 1.18. The minimum absolute atomic E-state index is 0.0232. The topological polar surface area (TPSA) is 56.8 Å². The predicted octanol–water partition coefficient (Wildman–Crippen LogP) is 1.30. The summed E-state index contributed by atoms with van der Waals surface area (Å²) in [5, 5.41) is 2.71. The summed E-state index contributed by atoms with van der Waals surface area (Å²) in [5.41, 5.74) is 0.714.